The van der Waals surface area contributed by atoms with Crippen molar-refractivity contribution < 1.29 is 19.1 Å². The van der Waals surface area contributed by atoms with Gasteiger partial charge in [0.2, 0.25) is 11.8 Å². The molecule has 3 rings (SSSR count). The molecule has 1 aliphatic rings. The molecule has 0 spiro atoms. The Morgan fingerprint density at radius 1 is 0.812 bits per heavy atom. The third-order valence-corrected chi connectivity index (χ3v) is 6.37. The summed E-state index contributed by atoms with van der Waals surface area (Å²) in [6.45, 7) is 3.94. The zero-order chi connectivity index (χ0) is 23.1. The Balaban J connectivity index is 1.60. The van der Waals surface area contributed by atoms with Crippen molar-refractivity contribution in [3.63, 3.8) is 0 Å². The molecule has 2 aromatic rings. The van der Waals surface area contributed by atoms with E-state index < -0.39 is 0 Å². The Morgan fingerprint density at radius 3 is 1.66 bits per heavy atom. The second-order valence-corrected chi connectivity index (χ2v) is 8.55. The average molecular weight is 439 g/mol. The number of rotatable bonds is 8. The third kappa shape index (κ3) is 6.17. The van der Waals surface area contributed by atoms with Crippen molar-refractivity contribution in [2.75, 3.05) is 24.9 Å². The van der Waals surface area contributed by atoms with Gasteiger partial charge in [0, 0.05) is 37.4 Å². The van der Waals surface area contributed by atoms with Crippen LogP contribution in [-0.4, -0.2) is 26.0 Å². The van der Waals surface area contributed by atoms with Gasteiger partial charge < -0.3 is 20.1 Å². The fourth-order valence-electron chi connectivity index (χ4n) is 4.17. The molecule has 0 aromatic heterocycles. The Kier molecular flexibility index (Phi) is 8.42. The minimum atomic E-state index is -0.178. The first-order valence-electron chi connectivity index (χ1n) is 11.3. The van der Waals surface area contributed by atoms with Crippen LogP contribution in [0.25, 0.3) is 0 Å². The summed E-state index contributed by atoms with van der Waals surface area (Å²) in [5.74, 6) is -0.410. The van der Waals surface area contributed by atoms with Gasteiger partial charge in [0.1, 0.15) is 0 Å². The molecule has 0 aliphatic heterocycles. The highest BCUT2D eigenvalue weighted by Crippen LogP contribution is 2.31. The maximum Gasteiger partial charge on any atom is 0.227 e. The molecule has 0 bridgehead atoms. The SMILES string of the molecule is COC(C)c1cccc(NC(=O)C2CCCC(C(=O)Nc3cccc(C(C)OC)c3)C2)c1. The van der Waals surface area contributed by atoms with Gasteiger partial charge in [0.15, 0.2) is 0 Å². The van der Waals surface area contributed by atoms with Crippen LogP contribution in [0.15, 0.2) is 48.5 Å². The van der Waals surface area contributed by atoms with Crippen molar-refractivity contribution in [2.24, 2.45) is 11.8 Å². The number of carbonyl (C=O) groups excluding carboxylic acids is 2. The van der Waals surface area contributed by atoms with E-state index >= 15 is 0 Å². The largest absolute Gasteiger partial charge is 0.377 e. The van der Waals surface area contributed by atoms with E-state index in [0.717, 1.165) is 41.8 Å². The molecule has 0 saturated heterocycles. The highest BCUT2D eigenvalue weighted by molar-refractivity contribution is 5.95. The van der Waals surface area contributed by atoms with Gasteiger partial charge in [0.25, 0.3) is 0 Å². The summed E-state index contributed by atoms with van der Waals surface area (Å²) in [5.41, 5.74) is 3.53. The van der Waals surface area contributed by atoms with Gasteiger partial charge in [-0.2, -0.15) is 0 Å². The Labute approximate surface area is 190 Å². The lowest BCUT2D eigenvalue weighted by atomic mass is 9.80. The zero-order valence-corrected chi connectivity index (χ0v) is 19.4. The van der Waals surface area contributed by atoms with Crippen LogP contribution in [0.5, 0.6) is 0 Å². The molecular weight excluding hydrogens is 404 g/mol. The Hall–Kier alpha value is -2.70. The summed E-state index contributed by atoms with van der Waals surface area (Å²) in [4.78, 5) is 25.8. The quantitative estimate of drug-likeness (QED) is 0.572. The van der Waals surface area contributed by atoms with Crippen molar-refractivity contribution >= 4 is 23.2 Å². The van der Waals surface area contributed by atoms with Crippen molar-refractivity contribution in [2.45, 2.75) is 51.7 Å². The lowest BCUT2D eigenvalue weighted by molar-refractivity contribution is -0.124. The predicted molar refractivity (Wildman–Crippen MR) is 126 cm³/mol. The van der Waals surface area contributed by atoms with Gasteiger partial charge in [0.05, 0.1) is 12.2 Å². The Morgan fingerprint density at radius 2 is 1.25 bits per heavy atom. The minimum absolute atomic E-state index is 0.0272. The molecule has 172 valence electrons. The lowest BCUT2D eigenvalue weighted by Crippen LogP contribution is -2.33. The van der Waals surface area contributed by atoms with Crippen LogP contribution in [0.2, 0.25) is 0 Å². The van der Waals surface area contributed by atoms with Crippen LogP contribution in [0.4, 0.5) is 11.4 Å². The summed E-state index contributed by atoms with van der Waals surface area (Å²) < 4.78 is 10.7. The molecule has 4 unspecified atom stereocenters. The van der Waals surface area contributed by atoms with Gasteiger partial charge in [-0.3, -0.25) is 9.59 Å². The first kappa shape index (κ1) is 24.0. The summed E-state index contributed by atoms with van der Waals surface area (Å²) in [6.07, 6.45) is 2.92. The monoisotopic (exact) mass is 438 g/mol. The van der Waals surface area contributed by atoms with E-state index in [0.29, 0.717) is 6.42 Å². The van der Waals surface area contributed by atoms with E-state index in [-0.39, 0.29) is 35.9 Å². The molecule has 2 amide bonds. The number of amides is 2. The van der Waals surface area contributed by atoms with Crippen molar-refractivity contribution in [1.82, 2.24) is 0 Å². The fraction of sp³-hybridized carbons (Fsp3) is 0.462. The van der Waals surface area contributed by atoms with Crippen LogP contribution in [0.1, 0.15) is 62.9 Å². The van der Waals surface area contributed by atoms with Gasteiger partial charge in [-0.25, -0.2) is 0 Å². The smallest absolute Gasteiger partial charge is 0.227 e. The maximum absolute atomic E-state index is 12.9. The number of hydrogen-bond acceptors (Lipinski definition) is 4. The second kappa shape index (κ2) is 11.2. The molecule has 4 atom stereocenters. The highest BCUT2D eigenvalue weighted by Gasteiger charge is 2.31. The number of methoxy groups -OCH3 is 2. The van der Waals surface area contributed by atoms with Gasteiger partial charge in [-0.1, -0.05) is 30.7 Å². The van der Waals surface area contributed by atoms with E-state index in [2.05, 4.69) is 10.6 Å². The predicted octanol–water partition coefficient (Wildman–Crippen LogP) is 5.49. The second-order valence-electron chi connectivity index (χ2n) is 8.55. The lowest BCUT2D eigenvalue weighted by Gasteiger charge is -2.28. The molecule has 32 heavy (non-hydrogen) atoms. The van der Waals surface area contributed by atoms with Crippen LogP contribution in [0.3, 0.4) is 0 Å². The summed E-state index contributed by atoms with van der Waals surface area (Å²) in [7, 11) is 3.33. The highest BCUT2D eigenvalue weighted by atomic mass is 16.5. The molecule has 2 N–H and O–H groups in total. The van der Waals surface area contributed by atoms with Gasteiger partial charge in [-0.05, 0) is 68.5 Å². The summed E-state index contributed by atoms with van der Waals surface area (Å²) >= 11 is 0. The first-order valence-corrected chi connectivity index (χ1v) is 11.3. The van der Waals surface area contributed by atoms with E-state index in [9.17, 15) is 9.59 Å². The molecule has 2 aromatic carbocycles. The number of anilines is 2. The minimum Gasteiger partial charge on any atom is -0.377 e. The van der Waals surface area contributed by atoms with E-state index in [1.54, 1.807) is 14.2 Å². The summed E-state index contributed by atoms with van der Waals surface area (Å²) in [5, 5.41) is 6.05. The van der Waals surface area contributed by atoms with E-state index in [1.807, 2.05) is 62.4 Å². The third-order valence-electron chi connectivity index (χ3n) is 6.37. The summed E-state index contributed by atoms with van der Waals surface area (Å²) in [6, 6.07) is 15.4. The van der Waals surface area contributed by atoms with Crippen molar-refractivity contribution in [3.8, 4) is 0 Å². The molecular formula is C26H34N2O4. The van der Waals surface area contributed by atoms with E-state index in [1.165, 1.54) is 0 Å². The van der Waals surface area contributed by atoms with Crippen LogP contribution in [0, 0.1) is 11.8 Å². The molecule has 0 radical (unpaired) electrons. The molecule has 1 saturated carbocycles. The van der Waals surface area contributed by atoms with Crippen molar-refractivity contribution in [3.05, 3.63) is 59.7 Å². The Bertz CT molecular complexity index is 856. The number of carbonyl (C=O) groups is 2. The molecule has 1 fully saturated rings. The van der Waals surface area contributed by atoms with Crippen LogP contribution in [-0.2, 0) is 19.1 Å². The first-order chi connectivity index (χ1) is 15.4. The number of benzene rings is 2. The molecule has 6 nitrogen and oxygen atoms in total. The standard InChI is InChI=1S/C26H34N2O4/c1-17(31-3)19-8-6-12-23(15-19)27-25(29)21-10-5-11-22(14-21)26(30)28-24-13-7-9-20(16-24)18(2)32-4/h6-9,12-13,15-18,21-22H,5,10-11,14H2,1-4H3,(H,27,29)(H,28,30). The average Bonchev–Trinajstić information content (AvgIpc) is 2.83. The number of nitrogens with one attached hydrogen (secondary N) is 2. The fourth-order valence-corrected chi connectivity index (χ4v) is 4.17. The van der Waals surface area contributed by atoms with Gasteiger partial charge >= 0.3 is 0 Å². The number of ether oxygens (including phenoxy) is 2. The molecule has 6 heteroatoms. The van der Waals surface area contributed by atoms with Gasteiger partial charge in [-0.15, -0.1) is 0 Å². The normalized spacial score (nSPS) is 20.2. The van der Waals surface area contributed by atoms with E-state index in [4.69, 9.17) is 9.47 Å². The zero-order valence-electron chi connectivity index (χ0n) is 19.4. The topological polar surface area (TPSA) is 76.7 Å². The van der Waals surface area contributed by atoms with Crippen molar-refractivity contribution in [1.29, 1.82) is 0 Å². The van der Waals surface area contributed by atoms with Crippen LogP contribution < -0.4 is 10.6 Å². The maximum atomic E-state index is 12.9. The molecule has 1 aliphatic carbocycles. The molecule has 0 heterocycles. The number of hydrogen-bond donors (Lipinski definition) is 2. The van der Waals surface area contributed by atoms with Crippen LogP contribution >= 0.6 is 0 Å².